The van der Waals surface area contributed by atoms with Gasteiger partial charge in [0.05, 0.1) is 0 Å². The second-order valence-electron chi connectivity index (χ2n) is 5.83. The maximum Gasteiger partial charge on any atom is 0.223 e. The summed E-state index contributed by atoms with van der Waals surface area (Å²) >= 11 is 0. The van der Waals surface area contributed by atoms with Crippen LogP contribution in [0.25, 0.3) is 0 Å². The molecular weight excluding hydrogens is 176 g/mol. The van der Waals surface area contributed by atoms with Gasteiger partial charge in [0, 0.05) is 12.0 Å². The van der Waals surface area contributed by atoms with Gasteiger partial charge in [-0.25, -0.2) is 0 Å². The van der Waals surface area contributed by atoms with Crippen LogP contribution in [-0.4, -0.2) is 31.4 Å². The van der Waals surface area contributed by atoms with Crippen LogP contribution in [0, 0.1) is 10.8 Å². The number of amides is 1. The van der Waals surface area contributed by atoms with Crippen LogP contribution in [0.1, 0.15) is 34.1 Å². The van der Waals surface area contributed by atoms with E-state index in [4.69, 9.17) is 5.73 Å². The smallest absolute Gasteiger partial charge is 0.223 e. The summed E-state index contributed by atoms with van der Waals surface area (Å²) in [5, 5.41) is 0. The molecule has 0 heterocycles. The highest BCUT2D eigenvalue weighted by Crippen LogP contribution is 2.33. The Morgan fingerprint density at radius 1 is 1.21 bits per heavy atom. The molecule has 0 unspecified atom stereocenters. The molecule has 0 aliphatic rings. The zero-order chi connectivity index (χ0) is 11.6. The predicted octanol–water partition coefficient (Wildman–Crippen LogP) is 1.48. The summed E-state index contributed by atoms with van der Waals surface area (Å²) in [6.07, 6.45) is 0.813. The molecule has 14 heavy (non-hydrogen) atoms. The molecule has 2 N–H and O–H groups in total. The quantitative estimate of drug-likeness (QED) is 0.730. The van der Waals surface area contributed by atoms with Gasteiger partial charge in [-0.3, -0.25) is 4.79 Å². The standard InChI is InChI=1S/C11H24N2O/c1-10(2,8-13(5)6)7-11(3,4)9(12)14/h7-8H2,1-6H3,(H2,12,14). The Morgan fingerprint density at radius 2 is 1.64 bits per heavy atom. The third-order valence-corrected chi connectivity index (χ3v) is 2.33. The minimum absolute atomic E-state index is 0.113. The number of hydrogen-bond donors (Lipinski definition) is 1. The Morgan fingerprint density at radius 3 is 1.93 bits per heavy atom. The topological polar surface area (TPSA) is 46.3 Å². The number of carbonyl (C=O) groups excluding carboxylic acids is 1. The van der Waals surface area contributed by atoms with E-state index >= 15 is 0 Å². The van der Waals surface area contributed by atoms with Gasteiger partial charge in [0.25, 0.3) is 0 Å². The van der Waals surface area contributed by atoms with E-state index in [-0.39, 0.29) is 11.3 Å². The van der Waals surface area contributed by atoms with Crippen molar-refractivity contribution in [2.24, 2.45) is 16.6 Å². The lowest BCUT2D eigenvalue weighted by Gasteiger charge is -2.34. The predicted molar refractivity (Wildman–Crippen MR) is 59.9 cm³/mol. The number of nitrogens with zero attached hydrogens (tertiary/aromatic N) is 1. The van der Waals surface area contributed by atoms with Crippen LogP contribution in [0.15, 0.2) is 0 Å². The summed E-state index contributed by atoms with van der Waals surface area (Å²) in [5.74, 6) is -0.218. The van der Waals surface area contributed by atoms with Gasteiger partial charge < -0.3 is 10.6 Å². The first-order chi connectivity index (χ1) is 6.07. The van der Waals surface area contributed by atoms with E-state index in [1.165, 1.54) is 0 Å². The Hall–Kier alpha value is -0.570. The number of hydrogen-bond acceptors (Lipinski definition) is 2. The van der Waals surface area contributed by atoms with Crippen molar-refractivity contribution in [3.8, 4) is 0 Å². The second kappa shape index (κ2) is 4.30. The van der Waals surface area contributed by atoms with Crippen molar-refractivity contribution in [1.29, 1.82) is 0 Å². The van der Waals surface area contributed by atoms with Gasteiger partial charge in [-0.1, -0.05) is 27.7 Å². The van der Waals surface area contributed by atoms with Crippen LogP contribution in [-0.2, 0) is 4.79 Å². The Balaban J connectivity index is 4.42. The van der Waals surface area contributed by atoms with Crippen LogP contribution in [0.3, 0.4) is 0 Å². The summed E-state index contributed by atoms with van der Waals surface area (Å²) in [6.45, 7) is 9.11. The minimum atomic E-state index is -0.417. The molecule has 1 amide bonds. The number of primary amides is 1. The molecule has 0 aliphatic heterocycles. The fourth-order valence-corrected chi connectivity index (χ4v) is 2.20. The first kappa shape index (κ1) is 13.4. The molecule has 0 atom stereocenters. The average Bonchev–Trinajstić information content (AvgIpc) is 1.79. The van der Waals surface area contributed by atoms with Crippen LogP contribution in [0.4, 0.5) is 0 Å². The van der Waals surface area contributed by atoms with Crippen molar-refractivity contribution in [2.75, 3.05) is 20.6 Å². The normalized spacial score (nSPS) is 13.4. The molecule has 0 radical (unpaired) electrons. The maximum atomic E-state index is 11.2. The third-order valence-electron chi connectivity index (χ3n) is 2.33. The summed E-state index contributed by atoms with van der Waals surface area (Å²) in [4.78, 5) is 13.3. The van der Waals surface area contributed by atoms with E-state index in [1.54, 1.807) is 0 Å². The zero-order valence-corrected chi connectivity index (χ0v) is 10.3. The van der Waals surface area contributed by atoms with Crippen molar-refractivity contribution < 1.29 is 4.79 Å². The third kappa shape index (κ3) is 4.61. The lowest BCUT2D eigenvalue weighted by Crippen LogP contribution is -2.39. The molecule has 0 aromatic carbocycles. The highest BCUT2D eigenvalue weighted by Gasteiger charge is 2.33. The van der Waals surface area contributed by atoms with Crippen molar-refractivity contribution in [3.63, 3.8) is 0 Å². The molecule has 0 saturated heterocycles. The minimum Gasteiger partial charge on any atom is -0.369 e. The zero-order valence-electron chi connectivity index (χ0n) is 10.3. The van der Waals surface area contributed by atoms with E-state index in [1.807, 2.05) is 27.9 Å². The van der Waals surface area contributed by atoms with Crippen LogP contribution < -0.4 is 5.73 Å². The molecule has 0 spiro atoms. The number of rotatable bonds is 5. The lowest BCUT2D eigenvalue weighted by molar-refractivity contribution is -0.127. The van der Waals surface area contributed by atoms with E-state index in [2.05, 4.69) is 18.7 Å². The summed E-state index contributed by atoms with van der Waals surface area (Å²) in [5.41, 5.74) is 5.05. The average molecular weight is 200 g/mol. The van der Waals surface area contributed by atoms with Gasteiger partial charge in [0.15, 0.2) is 0 Å². The molecule has 0 fully saturated rings. The van der Waals surface area contributed by atoms with Crippen molar-refractivity contribution in [3.05, 3.63) is 0 Å². The molecule has 0 aromatic rings. The lowest BCUT2D eigenvalue weighted by atomic mass is 9.74. The van der Waals surface area contributed by atoms with Gasteiger partial charge in [0.2, 0.25) is 5.91 Å². The van der Waals surface area contributed by atoms with E-state index in [9.17, 15) is 4.79 Å². The van der Waals surface area contributed by atoms with Crippen molar-refractivity contribution in [1.82, 2.24) is 4.90 Å². The molecule has 3 heteroatoms. The van der Waals surface area contributed by atoms with Crippen LogP contribution in [0.5, 0.6) is 0 Å². The largest absolute Gasteiger partial charge is 0.369 e. The molecule has 0 aliphatic carbocycles. The molecule has 3 nitrogen and oxygen atoms in total. The van der Waals surface area contributed by atoms with Gasteiger partial charge in [-0.2, -0.15) is 0 Å². The van der Waals surface area contributed by atoms with Gasteiger partial charge in [-0.05, 0) is 25.9 Å². The number of nitrogens with two attached hydrogens (primary N) is 1. The first-order valence-electron chi connectivity index (χ1n) is 5.01. The molecule has 0 saturated carbocycles. The second-order valence-corrected chi connectivity index (χ2v) is 5.83. The number of carbonyl (C=O) groups is 1. The van der Waals surface area contributed by atoms with Gasteiger partial charge in [-0.15, -0.1) is 0 Å². The summed E-state index contributed by atoms with van der Waals surface area (Å²) < 4.78 is 0. The van der Waals surface area contributed by atoms with Gasteiger partial charge in [0.1, 0.15) is 0 Å². The van der Waals surface area contributed by atoms with Crippen LogP contribution >= 0.6 is 0 Å². The Bertz CT molecular complexity index is 207. The van der Waals surface area contributed by atoms with E-state index < -0.39 is 5.41 Å². The van der Waals surface area contributed by atoms with Crippen molar-refractivity contribution >= 4 is 5.91 Å². The molecule has 0 rings (SSSR count). The van der Waals surface area contributed by atoms with E-state index in [0.29, 0.717) is 0 Å². The molecule has 0 bridgehead atoms. The van der Waals surface area contributed by atoms with Gasteiger partial charge >= 0.3 is 0 Å². The van der Waals surface area contributed by atoms with E-state index in [0.717, 1.165) is 13.0 Å². The SMILES string of the molecule is CN(C)CC(C)(C)CC(C)(C)C(N)=O. The molecule has 84 valence electrons. The monoisotopic (exact) mass is 200 g/mol. The highest BCUT2D eigenvalue weighted by atomic mass is 16.1. The molecule has 0 aromatic heterocycles. The first-order valence-corrected chi connectivity index (χ1v) is 5.01. The molecular formula is C11H24N2O. The maximum absolute atomic E-state index is 11.2. The van der Waals surface area contributed by atoms with Crippen molar-refractivity contribution in [2.45, 2.75) is 34.1 Å². The fraction of sp³-hybridized carbons (Fsp3) is 0.909. The Kier molecular flexibility index (Phi) is 4.13. The highest BCUT2D eigenvalue weighted by molar-refractivity contribution is 5.79. The fourth-order valence-electron chi connectivity index (χ4n) is 2.20. The Labute approximate surface area is 87.6 Å². The summed E-state index contributed by atoms with van der Waals surface area (Å²) in [7, 11) is 4.08. The summed E-state index contributed by atoms with van der Waals surface area (Å²) in [6, 6.07) is 0. The van der Waals surface area contributed by atoms with Crippen LogP contribution in [0.2, 0.25) is 0 Å².